The summed E-state index contributed by atoms with van der Waals surface area (Å²) in [6, 6.07) is 8.42. The van der Waals surface area contributed by atoms with E-state index in [1.54, 1.807) is 0 Å². The van der Waals surface area contributed by atoms with Crippen LogP contribution in [0.5, 0.6) is 5.75 Å². The second kappa shape index (κ2) is 1.60. The normalized spacial score (nSPS) is 22.9. The molecule has 3 rings (SSSR count). The van der Waals surface area contributed by atoms with Crippen molar-refractivity contribution in [1.82, 2.24) is 0 Å². The van der Waals surface area contributed by atoms with Crippen molar-refractivity contribution in [2.45, 2.75) is 18.3 Å². The molecule has 0 aromatic heterocycles. The molecule has 1 fully saturated rings. The molecule has 1 aliphatic heterocycles. The Bertz CT molecular complexity index is 299. The fourth-order valence-corrected chi connectivity index (χ4v) is 1.89. The maximum atomic E-state index is 5.58. The van der Waals surface area contributed by atoms with Gasteiger partial charge in [-0.05, 0) is 18.9 Å². The number of hydrogen-bond acceptors (Lipinski definition) is 1. The zero-order valence-corrected chi connectivity index (χ0v) is 6.34. The second-order valence-electron chi connectivity index (χ2n) is 3.57. The van der Waals surface area contributed by atoms with Crippen molar-refractivity contribution in [3.05, 3.63) is 29.8 Å². The van der Waals surface area contributed by atoms with E-state index in [9.17, 15) is 0 Å². The third-order valence-corrected chi connectivity index (χ3v) is 2.82. The quantitative estimate of drug-likeness (QED) is 0.544. The molecule has 0 unspecified atom stereocenters. The van der Waals surface area contributed by atoms with Gasteiger partial charge in [0.15, 0.2) is 0 Å². The second-order valence-corrected chi connectivity index (χ2v) is 3.57. The van der Waals surface area contributed by atoms with Crippen LogP contribution in [-0.2, 0) is 5.41 Å². The molecule has 1 aromatic rings. The van der Waals surface area contributed by atoms with E-state index >= 15 is 0 Å². The average Bonchev–Trinajstić information content (AvgIpc) is 2.72. The minimum Gasteiger partial charge on any atom is -0.492 e. The van der Waals surface area contributed by atoms with E-state index in [-0.39, 0.29) is 0 Å². The van der Waals surface area contributed by atoms with Gasteiger partial charge in [0.05, 0.1) is 6.61 Å². The summed E-state index contributed by atoms with van der Waals surface area (Å²) in [5, 5.41) is 0. The number of rotatable bonds is 0. The van der Waals surface area contributed by atoms with E-state index in [4.69, 9.17) is 4.74 Å². The summed E-state index contributed by atoms with van der Waals surface area (Å²) in [5.74, 6) is 1.12. The average molecular weight is 146 g/mol. The standard InChI is InChI=1S/C10H10O/c1-2-4-9-8(3-1)10(5-6-10)7-11-9/h1-4H,5-7H2. The van der Waals surface area contributed by atoms with E-state index in [0.29, 0.717) is 5.41 Å². The van der Waals surface area contributed by atoms with Gasteiger partial charge in [-0.1, -0.05) is 18.2 Å². The monoisotopic (exact) mass is 146 g/mol. The molecule has 0 bridgehead atoms. The Balaban J connectivity index is 2.21. The van der Waals surface area contributed by atoms with Crippen LogP contribution in [0.25, 0.3) is 0 Å². The van der Waals surface area contributed by atoms with Crippen LogP contribution in [0.1, 0.15) is 18.4 Å². The van der Waals surface area contributed by atoms with Crippen molar-refractivity contribution in [3.8, 4) is 5.75 Å². The topological polar surface area (TPSA) is 9.23 Å². The molecule has 1 aromatic carbocycles. The molecule has 0 saturated heterocycles. The number of para-hydroxylation sites is 1. The number of fused-ring (bicyclic) bond motifs is 2. The van der Waals surface area contributed by atoms with Crippen LogP contribution >= 0.6 is 0 Å². The first-order chi connectivity index (χ1) is 5.41. The van der Waals surface area contributed by atoms with Gasteiger partial charge in [-0.15, -0.1) is 0 Å². The first-order valence-electron chi connectivity index (χ1n) is 4.13. The molecule has 1 saturated carbocycles. The fraction of sp³-hybridized carbons (Fsp3) is 0.400. The summed E-state index contributed by atoms with van der Waals surface area (Å²) < 4.78 is 5.58. The van der Waals surface area contributed by atoms with Crippen molar-refractivity contribution < 1.29 is 4.74 Å². The molecule has 2 aliphatic rings. The molecule has 1 nitrogen and oxygen atoms in total. The Morgan fingerprint density at radius 3 is 2.82 bits per heavy atom. The van der Waals surface area contributed by atoms with Crippen LogP contribution in [0, 0.1) is 0 Å². The Labute approximate surface area is 66.0 Å². The van der Waals surface area contributed by atoms with Gasteiger partial charge < -0.3 is 4.74 Å². The van der Waals surface area contributed by atoms with Crippen molar-refractivity contribution in [3.63, 3.8) is 0 Å². The third-order valence-electron chi connectivity index (χ3n) is 2.82. The lowest BCUT2D eigenvalue weighted by molar-refractivity contribution is 0.323. The maximum Gasteiger partial charge on any atom is 0.123 e. The smallest absolute Gasteiger partial charge is 0.123 e. The summed E-state index contributed by atoms with van der Waals surface area (Å²) in [6.45, 7) is 0.923. The van der Waals surface area contributed by atoms with Crippen LogP contribution in [0.15, 0.2) is 24.3 Å². The Hall–Kier alpha value is -0.980. The number of benzene rings is 1. The van der Waals surface area contributed by atoms with Gasteiger partial charge in [0.2, 0.25) is 0 Å². The summed E-state index contributed by atoms with van der Waals surface area (Å²) >= 11 is 0. The van der Waals surface area contributed by atoms with E-state index in [1.165, 1.54) is 18.4 Å². The Morgan fingerprint density at radius 1 is 1.18 bits per heavy atom. The van der Waals surface area contributed by atoms with Gasteiger partial charge in [0.1, 0.15) is 5.75 Å². The number of ether oxygens (including phenoxy) is 1. The highest BCUT2D eigenvalue weighted by atomic mass is 16.5. The molecule has 1 heteroatoms. The summed E-state index contributed by atoms with van der Waals surface area (Å²) in [4.78, 5) is 0. The highest BCUT2D eigenvalue weighted by Gasteiger charge is 2.50. The van der Waals surface area contributed by atoms with Crippen LogP contribution in [-0.4, -0.2) is 6.61 Å². The van der Waals surface area contributed by atoms with Gasteiger partial charge in [-0.25, -0.2) is 0 Å². The van der Waals surface area contributed by atoms with Gasteiger partial charge in [0, 0.05) is 11.0 Å². The van der Waals surface area contributed by atoms with E-state index < -0.39 is 0 Å². The Morgan fingerprint density at radius 2 is 2.00 bits per heavy atom. The minimum absolute atomic E-state index is 0.455. The zero-order valence-electron chi connectivity index (χ0n) is 6.34. The summed E-state index contributed by atoms with van der Waals surface area (Å²) in [5.41, 5.74) is 1.90. The van der Waals surface area contributed by atoms with Crippen molar-refractivity contribution >= 4 is 0 Å². The van der Waals surface area contributed by atoms with Crippen LogP contribution in [0.2, 0.25) is 0 Å². The molecular formula is C10H10O. The molecule has 1 heterocycles. The maximum absolute atomic E-state index is 5.58. The zero-order chi connectivity index (χ0) is 7.31. The van der Waals surface area contributed by atoms with Crippen LogP contribution in [0.4, 0.5) is 0 Å². The fourth-order valence-electron chi connectivity index (χ4n) is 1.89. The number of hydrogen-bond donors (Lipinski definition) is 0. The van der Waals surface area contributed by atoms with Crippen LogP contribution in [0.3, 0.4) is 0 Å². The highest BCUT2D eigenvalue weighted by molar-refractivity contribution is 5.46. The van der Waals surface area contributed by atoms with Gasteiger partial charge in [0.25, 0.3) is 0 Å². The first kappa shape index (κ1) is 5.64. The summed E-state index contributed by atoms with van der Waals surface area (Å²) in [6.07, 6.45) is 2.65. The Kier molecular flexibility index (Phi) is 0.823. The minimum atomic E-state index is 0.455. The lowest BCUT2D eigenvalue weighted by atomic mass is 9.99. The third kappa shape index (κ3) is 0.609. The van der Waals surface area contributed by atoms with Gasteiger partial charge in [-0.2, -0.15) is 0 Å². The summed E-state index contributed by atoms with van der Waals surface area (Å²) in [7, 11) is 0. The molecule has 0 N–H and O–H groups in total. The predicted octanol–water partition coefficient (Wildman–Crippen LogP) is 2.11. The molecular weight excluding hydrogens is 136 g/mol. The van der Waals surface area contributed by atoms with Crippen molar-refractivity contribution in [2.24, 2.45) is 0 Å². The predicted molar refractivity (Wildman–Crippen MR) is 42.8 cm³/mol. The lowest BCUT2D eigenvalue weighted by Gasteiger charge is -2.00. The molecule has 1 spiro atoms. The van der Waals surface area contributed by atoms with E-state index in [1.807, 2.05) is 6.07 Å². The molecule has 1 aliphatic carbocycles. The molecule has 0 amide bonds. The SMILES string of the molecule is c1ccc2c(c1)OCC21CC1. The highest BCUT2D eigenvalue weighted by Crippen LogP contribution is 2.54. The molecule has 11 heavy (non-hydrogen) atoms. The van der Waals surface area contributed by atoms with E-state index in [2.05, 4.69) is 18.2 Å². The molecule has 0 atom stereocenters. The molecule has 56 valence electrons. The largest absolute Gasteiger partial charge is 0.492 e. The van der Waals surface area contributed by atoms with Gasteiger partial charge in [-0.3, -0.25) is 0 Å². The lowest BCUT2D eigenvalue weighted by Crippen LogP contribution is -2.06. The van der Waals surface area contributed by atoms with E-state index in [0.717, 1.165) is 12.4 Å². The van der Waals surface area contributed by atoms with Crippen molar-refractivity contribution in [2.75, 3.05) is 6.61 Å². The van der Waals surface area contributed by atoms with Gasteiger partial charge >= 0.3 is 0 Å². The van der Waals surface area contributed by atoms with Crippen LogP contribution < -0.4 is 4.74 Å². The molecule has 0 radical (unpaired) electrons. The van der Waals surface area contributed by atoms with Crippen molar-refractivity contribution in [1.29, 1.82) is 0 Å². The first-order valence-corrected chi connectivity index (χ1v) is 4.13.